The van der Waals surface area contributed by atoms with E-state index in [-0.39, 0.29) is 0 Å². The fourth-order valence-corrected chi connectivity index (χ4v) is 8.62. The van der Waals surface area contributed by atoms with Gasteiger partial charge >= 0.3 is 0 Å². The Bertz CT molecular complexity index is 2900. The van der Waals surface area contributed by atoms with Crippen molar-refractivity contribution in [2.45, 2.75) is 26.7 Å². The summed E-state index contributed by atoms with van der Waals surface area (Å²) in [5, 5.41) is 1.34. The van der Waals surface area contributed by atoms with E-state index in [4.69, 9.17) is 0 Å². The molecule has 2 heteroatoms. The first-order valence-electron chi connectivity index (χ1n) is 20.3. The van der Waals surface area contributed by atoms with Crippen molar-refractivity contribution in [1.29, 1.82) is 0 Å². The van der Waals surface area contributed by atoms with Crippen molar-refractivity contribution < 1.29 is 0 Å². The van der Waals surface area contributed by atoms with Crippen LogP contribution in [0, 0.1) is 6.92 Å². The number of aryl methyl sites for hydroxylation is 1. The quantitative estimate of drug-likeness (QED) is 0.150. The molecule has 1 aromatic heterocycles. The Hall–Kier alpha value is -7.16. The molecule has 1 aliphatic carbocycles. The maximum atomic E-state index is 2.49. The van der Waals surface area contributed by atoms with Crippen LogP contribution in [-0.2, 0) is 6.42 Å². The van der Waals surface area contributed by atoms with Gasteiger partial charge in [-0.15, -0.1) is 0 Å². The van der Waals surface area contributed by atoms with Gasteiger partial charge in [0, 0.05) is 39.4 Å². The summed E-state index contributed by atoms with van der Waals surface area (Å²) >= 11 is 0. The van der Waals surface area contributed by atoms with E-state index in [9.17, 15) is 0 Å². The number of fused-ring (bicyclic) bond motifs is 3. The monoisotopic (exact) mass is 744 g/mol. The first-order chi connectivity index (χ1) is 28.6. The lowest BCUT2D eigenvalue weighted by atomic mass is 9.96. The summed E-state index contributed by atoms with van der Waals surface area (Å²) in [7, 11) is 0. The third-order valence-corrected chi connectivity index (χ3v) is 11.7. The molecule has 2 nitrogen and oxygen atoms in total. The molecule has 0 spiro atoms. The maximum absolute atomic E-state index is 2.49. The smallest absolute Gasteiger partial charge is 0.0537 e. The summed E-state index contributed by atoms with van der Waals surface area (Å²) in [6.07, 6.45) is 4.55. The average Bonchev–Trinajstić information content (AvgIpc) is 3.60. The van der Waals surface area contributed by atoms with E-state index in [1.54, 1.807) is 0 Å². The Balaban J connectivity index is 0.992. The number of nitrogens with zero attached hydrogens (tertiary/aromatic N) is 2. The van der Waals surface area contributed by atoms with Crippen molar-refractivity contribution in [3.63, 3.8) is 0 Å². The lowest BCUT2D eigenvalue weighted by molar-refractivity contribution is 0.856. The SMILES string of the molecule is CC1=Cc2c(n(-c3cccc(-c4ccc(N(c5ccc(-c6ccccc6)cc5)c5ccc(-c6ccc(-c7ccccc7)cc6)cc5)cc4)c3)c3ccc(C)cc23)CC1. The second kappa shape index (κ2) is 15.1. The molecule has 278 valence electrons. The molecule has 0 fully saturated rings. The number of hydrogen-bond donors (Lipinski definition) is 0. The van der Waals surface area contributed by atoms with Gasteiger partial charge < -0.3 is 9.47 Å². The topological polar surface area (TPSA) is 8.17 Å². The van der Waals surface area contributed by atoms with Gasteiger partial charge in [0.25, 0.3) is 0 Å². The highest BCUT2D eigenvalue weighted by atomic mass is 15.1. The fourth-order valence-electron chi connectivity index (χ4n) is 8.62. The highest BCUT2D eigenvalue weighted by molar-refractivity contribution is 5.94. The molecular formula is C56H44N2. The van der Waals surface area contributed by atoms with Gasteiger partial charge in [0.15, 0.2) is 0 Å². The number of rotatable bonds is 8. The van der Waals surface area contributed by atoms with Gasteiger partial charge in [-0.3, -0.25) is 0 Å². The van der Waals surface area contributed by atoms with E-state index in [2.05, 4.69) is 230 Å². The molecule has 0 atom stereocenters. The Morgan fingerprint density at radius 2 is 0.845 bits per heavy atom. The van der Waals surface area contributed by atoms with E-state index >= 15 is 0 Å². The van der Waals surface area contributed by atoms with Gasteiger partial charge in [0.1, 0.15) is 0 Å². The molecule has 0 saturated heterocycles. The van der Waals surface area contributed by atoms with E-state index in [1.165, 1.54) is 83.5 Å². The van der Waals surface area contributed by atoms with Crippen LogP contribution in [0.3, 0.4) is 0 Å². The predicted molar refractivity (Wildman–Crippen MR) is 246 cm³/mol. The van der Waals surface area contributed by atoms with Gasteiger partial charge in [-0.05, 0) is 132 Å². The van der Waals surface area contributed by atoms with Crippen LogP contribution >= 0.6 is 0 Å². The second-order valence-corrected chi connectivity index (χ2v) is 15.5. The Morgan fingerprint density at radius 3 is 1.36 bits per heavy atom. The van der Waals surface area contributed by atoms with Crippen LogP contribution in [0.4, 0.5) is 17.1 Å². The van der Waals surface area contributed by atoms with E-state index in [0.29, 0.717) is 0 Å². The molecule has 0 bridgehead atoms. The van der Waals surface area contributed by atoms with Crippen molar-refractivity contribution >= 4 is 34.0 Å². The second-order valence-electron chi connectivity index (χ2n) is 15.5. The molecule has 9 aromatic rings. The zero-order valence-corrected chi connectivity index (χ0v) is 32.9. The van der Waals surface area contributed by atoms with Crippen molar-refractivity contribution in [1.82, 2.24) is 4.57 Å². The number of anilines is 3. The molecule has 0 radical (unpaired) electrons. The fraction of sp³-hybridized carbons (Fsp3) is 0.0714. The minimum atomic E-state index is 1.05. The molecule has 0 N–H and O–H groups in total. The van der Waals surface area contributed by atoms with Gasteiger partial charge in [-0.25, -0.2) is 0 Å². The average molecular weight is 745 g/mol. The summed E-state index contributed by atoms with van der Waals surface area (Å²) in [5.41, 5.74) is 21.0. The number of allylic oxidation sites excluding steroid dienone is 1. The molecule has 1 heterocycles. The molecular weight excluding hydrogens is 701 g/mol. The first-order valence-corrected chi connectivity index (χ1v) is 20.3. The third-order valence-electron chi connectivity index (χ3n) is 11.7. The normalized spacial score (nSPS) is 12.3. The lowest BCUT2D eigenvalue weighted by Crippen LogP contribution is -2.09. The van der Waals surface area contributed by atoms with Crippen LogP contribution in [0.1, 0.15) is 30.2 Å². The molecule has 0 saturated carbocycles. The zero-order valence-electron chi connectivity index (χ0n) is 32.9. The Labute approximate surface area is 341 Å². The van der Waals surface area contributed by atoms with E-state index < -0.39 is 0 Å². The molecule has 58 heavy (non-hydrogen) atoms. The molecule has 10 rings (SSSR count). The molecule has 0 aliphatic heterocycles. The van der Waals surface area contributed by atoms with Crippen LogP contribution in [0.25, 0.3) is 67.2 Å². The molecule has 0 amide bonds. The summed E-state index contributed by atoms with van der Waals surface area (Å²) in [4.78, 5) is 2.35. The summed E-state index contributed by atoms with van der Waals surface area (Å²) in [6, 6.07) is 72.8. The van der Waals surface area contributed by atoms with Crippen LogP contribution in [-0.4, -0.2) is 4.57 Å². The molecule has 8 aromatic carbocycles. The summed E-state index contributed by atoms with van der Waals surface area (Å²) in [6.45, 7) is 4.45. The highest BCUT2D eigenvalue weighted by Crippen LogP contribution is 2.40. The van der Waals surface area contributed by atoms with Crippen LogP contribution in [0.15, 0.2) is 206 Å². The predicted octanol–water partition coefficient (Wildman–Crippen LogP) is 15.4. The lowest BCUT2D eigenvalue weighted by Gasteiger charge is -2.26. The molecule has 0 unspecified atom stereocenters. The van der Waals surface area contributed by atoms with Crippen LogP contribution < -0.4 is 4.90 Å². The van der Waals surface area contributed by atoms with E-state index in [1.807, 2.05) is 0 Å². The van der Waals surface area contributed by atoms with Crippen molar-refractivity contribution in [2.75, 3.05) is 4.90 Å². The van der Waals surface area contributed by atoms with Crippen LogP contribution in [0.2, 0.25) is 0 Å². The minimum absolute atomic E-state index is 1.05. The van der Waals surface area contributed by atoms with Gasteiger partial charge in [-0.1, -0.05) is 157 Å². The zero-order chi connectivity index (χ0) is 39.0. The summed E-state index contributed by atoms with van der Waals surface area (Å²) in [5.74, 6) is 0. The number of benzene rings is 8. The first kappa shape index (κ1) is 35.3. The standard InChI is InChI=1S/C56H44N2/c1-39-16-34-55-53(36-39)54-37-40(2)17-35-56(54)58(55)52-15-9-14-48(38-52)47-26-32-51(33-27-47)57(49-28-22-45(23-29-49)42-12-7-4-8-13-42)50-30-24-46(25-31-50)44-20-18-43(19-21-44)41-10-5-3-6-11-41/h3-16,18-34,36-38H,17,35H2,1-2H3. The Morgan fingerprint density at radius 1 is 0.397 bits per heavy atom. The third kappa shape index (κ3) is 6.73. The maximum Gasteiger partial charge on any atom is 0.0537 e. The van der Waals surface area contributed by atoms with Gasteiger partial charge in [-0.2, -0.15) is 0 Å². The van der Waals surface area contributed by atoms with Crippen molar-refractivity contribution in [3.8, 4) is 50.2 Å². The van der Waals surface area contributed by atoms with Crippen LogP contribution in [0.5, 0.6) is 0 Å². The Kier molecular flexibility index (Phi) is 9.16. The van der Waals surface area contributed by atoms with Gasteiger partial charge in [0.05, 0.1) is 5.52 Å². The van der Waals surface area contributed by atoms with E-state index in [0.717, 1.165) is 29.9 Å². The van der Waals surface area contributed by atoms with Gasteiger partial charge in [0.2, 0.25) is 0 Å². The largest absolute Gasteiger partial charge is 0.313 e. The number of hydrogen-bond acceptors (Lipinski definition) is 1. The van der Waals surface area contributed by atoms with Crippen molar-refractivity contribution in [2.24, 2.45) is 0 Å². The number of aromatic nitrogens is 1. The highest BCUT2D eigenvalue weighted by Gasteiger charge is 2.21. The minimum Gasteiger partial charge on any atom is -0.313 e. The summed E-state index contributed by atoms with van der Waals surface area (Å²) < 4.78 is 2.49. The molecule has 1 aliphatic rings. The van der Waals surface area contributed by atoms with Crippen molar-refractivity contribution in [3.05, 3.63) is 223 Å².